The number of carboxylic acids is 1. The van der Waals surface area contributed by atoms with E-state index in [0.717, 1.165) is 19.4 Å². The highest BCUT2D eigenvalue weighted by atomic mass is 16.4. The zero-order chi connectivity index (χ0) is 15.5. The van der Waals surface area contributed by atoms with Crippen LogP contribution < -0.4 is 0 Å². The molecule has 0 fully saturated rings. The summed E-state index contributed by atoms with van der Waals surface area (Å²) in [4.78, 5) is 11.9. The van der Waals surface area contributed by atoms with Gasteiger partial charge in [-0.05, 0) is 32.4 Å². The van der Waals surface area contributed by atoms with Gasteiger partial charge in [0, 0.05) is 6.54 Å². The summed E-state index contributed by atoms with van der Waals surface area (Å²) < 4.78 is 0. The minimum absolute atomic E-state index is 0.331. The zero-order valence-electron chi connectivity index (χ0n) is 12.4. The SMILES string of the molecule is CCCCN(C(C)O)C(C)O.O=C(O)c1ccccc1. The van der Waals surface area contributed by atoms with Gasteiger partial charge in [-0.1, -0.05) is 31.5 Å². The highest BCUT2D eigenvalue weighted by molar-refractivity contribution is 5.87. The van der Waals surface area contributed by atoms with Crippen LogP contribution in [0.25, 0.3) is 0 Å². The quantitative estimate of drug-likeness (QED) is 0.697. The van der Waals surface area contributed by atoms with E-state index in [0.29, 0.717) is 5.56 Å². The fourth-order valence-corrected chi connectivity index (χ4v) is 1.61. The molecule has 0 aromatic heterocycles. The van der Waals surface area contributed by atoms with E-state index in [1.54, 1.807) is 49.1 Å². The molecule has 0 amide bonds. The summed E-state index contributed by atoms with van der Waals surface area (Å²) in [6, 6.07) is 8.30. The summed E-state index contributed by atoms with van der Waals surface area (Å²) in [5, 5.41) is 26.7. The van der Waals surface area contributed by atoms with E-state index in [4.69, 9.17) is 5.11 Å². The predicted molar refractivity (Wildman–Crippen MR) is 78.4 cm³/mol. The smallest absolute Gasteiger partial charge is 0.335 e. The summed E-state index contributed by atoms with van der Waals surface area (Å²) >= 11 is 0. The molecule has 20 heavy (non-hydrogen) atoms. The molecule has 0 aliphatic heterocycles. The Hall–Kier alpha value is -1.43. The normalized spacial score (nSPS) is 13.3. The number of carboxylic acid groups (broad SMARTS) is 1. The van der Waals surface area contributed by atoms with Crippen LogP contribution >= 0.6 is 0 Å². The third-order valence-corrected chi connectivity index (χ3v) is 2.75. The highest BCUT2D eigenvalue weighted by Gasteiger charge is 2.14. The number of unbranched alkanes of at least 4 members (excludes halogenated alkanes) is 1. The lowest BCUT2D eigenvalue weighted by molar-refractivity contribution is -0.0842. The first-order valence-electron chi connectivity index (χ1n) is 6.80. The van der Waals surface area contributed by atoms with Gasteiger partial charge in [0.2, 0.25) is 0 Å². The topological polar surface area (TPSA) is 81.0 Å². The van der Waals surface area contributed by atoms with Crippen molar-refractivity contribution in [3.8, 4) is 0 Å². The van der Waals surface area contributed by atoms with Crippen molar-refractivity contribution in [3.63, 3.8) is 0 Å². The molecule has 1 aromatic carbocycles. The number of benzene rings is 1. The van der Waals surface area contributed by atoms with Gasteiger partial charge < -0.3 is 15.3 Å². The third-order valence-electron chi connectivity index (χ3n) is 2.75. The van der Waals surface area contributed by atoms with Crippen LogP contribution in [0.15, 0.2) is 30.3 Å². The Bertz CT molecular complexity index is 357. The van der Waals surface area contributed by atoms with Crippen molar-refractivity contribution >= 4 is 5.97 Å². The van der Waals surface area contributed by atoms with E-state index in [1.165, 1.54) is 0 Å². The monoisotopic (exact) mass is 283 g/mol. The standard InChI is InChI=1S/C8H19NO2.C7H6O2/c1-4-5-6-9(7(2)10)8(3)11;8-7(9)6-4-2-1-3-5-6/h7-8,10-11H,4-6H2,1-3H3;1-5H,(H,8,9). The lowest BCUT2D eigenvalue weighted by Crippen LogP contribution is -2.40. The summed E-state index contributed by atoms with van der Waals surface area (Å²) in [5.74, 6) is -0.879. The van der Waals surface area contributed by atoms with E-state index in [2.05, 4.69) is 6.92 Å². The number of rotatable bonds is 6. The second-order valence-electron chi connectivity index (χ2n) is 4.53. The minimum atomic E-state index is -0.879. The average molecular weight is 283 g/mol. The molecular formula is C15H25NO4. The van der Waals surface area contributed by atoms with E-state index in [1.807, 2.05) is 0 Å². The van der Waals surface area contributed by atoms with Gasteiger partial charge >= 0.3 is 5.97 Å². The Morgan fingerprint density at radius 3 is 1.95 bits per heavy atom. The van der Waals surface area contributed by atoms with Crippen LogP contribution in [0.4, 0.5) is 0 Å². The first kappa shape index (κ1) is 18.6. The van der Waals surface area contributed by atoms with Gasteiger partial charge in [0.15, 0.2) is 0 Å². The van der Waals surface area contributed by atoms with Crippen LogP contribution in [-0.2, 0) is 0 Å². The first-order valence-corrected chi connectivity index (χ1v) is 6.80. The number of nitrogens with zero attached hydrogens (tertiary/aromatic N) is 1. The molecule has 0 saturated heterocycles. The molecule has 3 N–H and O–H groups in total. The molecule has 0 saturated carbocycles. The van der Waals surface area contributed by atoms with E-state index >= 15 is 0 Å². The van der Waals surface area contributed by atoms with Crippen molar-refractivity contribution in [1.29, 1.82) is 0 Å². The van der Waals surface area contributed by atoms with Crippen molar-refractivity contribution in [1.82, 2.24) is 4.90 Å². The molecule has 0 spiro atoms. The van der Waals surface area contributed by atoms with Crippen molar-refractivity contribution < 1.29 is 20.1 Å². The Morgan fingerprint density at radius 2 is 1.65 bits per heavy atom. The summed E-state index contributed by atoms with van der Waals surface area (Å²) in [6.07, 6.45) is 0.981. The third kappa shape index (κ3) is 7.89. The van der Waals surface area contributed by atoms with Crippen LogP contribution in [0.2, 0.25) is 0 Å². The number of aliphatic hydroxyl groups is 2. The molecule has 5 nitrogen and oxygen atoms in total. The molecule has 5 heteroatoms. The Morgan fingerprint density at radius 1 is 1.15 bits per heavy atom. The minimum Gasteiger partial charge on any atom is -0.478 e. The van der Waals surface area contributed by atoms with Crippen LogP contribution in [0.3, 0.4) is 0 Å². The van der Waals surface area contributed by atoms with Gasteiger partial charge in [-0.15, -0.1) is 0 Å². The number of hydrogen-bond donors (Lipinski definition) is 3. The maximum absolute atomic E-state index is 10.2. The maximum atomic E-state index is 10.2. The molecule has 2 unspecified atom stereocenters. The second-order valence-corrected chi connectivity index (χ2v) is 4.53. The van der Waals surface area contributed by atoms with Gasteiger partial charge in [-0.3, -0.25) is 4.90 Å². The van der Waals surface area contributed by atoms with Crippen LogP contribution in [-0.4, -0.2) is 45.2 Å². The average Bonchev–Trinajstić information content (AvgIpc) is 2.40. The number of hydrogen-bond acceptors (Lipinski definition) is 4. The lowest BCUT2D eigenvalue weighted by Gasteiger charge is -2.27. The van der Waals surface area contributed by atoms with E-state index < -0.39 is 18.4 Å². The Kier molecular flexibility index (Phi) is 9.63. The fraction of sp³-hybridized carbons (Fsp3) is 0.533. The molecule has 0 bridgehead atoms. The lowest BCUT2D eigenvalue weighted by atomic mass is 10.2. The molecule has 1 rings (SSSR count). The number of aliphatic hydroxyl groups excluding tert-OH is 2. The summed E-state index contributed by atoms with van der Waals surface area (Å²) in [5.41, 5.74) is 0.331. The van der Waals surface area contributed by atoms with Gasteiger partial charge in [0.05, 0.1) is 5.56 Å². The van der Waals surface area contributed by atoms with Gasteiger partial charge in [-0.25, -0.2) is 4.79 Å². The Labute approximate surface area is 120 Å². The maximum Gasteiger partial charge on any atom is 0.335 e. The van der Waals surface area contributed by atoms with Crippen LogP contribution in [0.1, 0.15) is 44.0 Å². The number of carbonyl (C=O) groups is 1. The fourth-order valence-electron chi connectivity index (χ4n) is 1.61. The second kappa shape index (κ2) is 10.4. The van der Waals surface area contributed by atoms with Crippen molar-refractivity contribution in [2.75, 3.05) is 6.54 Å². The molecule has 1 aromatic rings. The summed E-state index contributed by atoms with van der Waals surface area (Å²) in [7, 11) is 0. The largest absolute Gasteiger partial charge is 0.478 e. The highest BCUT2D eigenvalue weighted by Crippen LogP contribution is 2.03. The van der Waals surface area contributed by atoms with Gasteiger partial charge in [0.25, 0.3) is 0 Å². The van der Waals surface area contributed by atoms with Crippen molar-refractivity contribution in [3.05, 3.63) is 35.9 Å². The predicted octanol–water partition coefficient (Wildman–Crippen LogP) is 2.15. The molecule has 0 aliphatic carbocycles. The van der Waals surface area contributed by atoms with Gasteiger partial charge in [0.1, 0.15) is 12.5 Å². The van der Waals surface area contributed by atoms with E-state index in [9.17, 15) is 15.0 Å². The molecule has 114 valence electrons. The summed E-state index contributed by atoms with van der Waals surface area (Å²) in [6.45, 7) is 6.18. The van der Waals surface area contributed by atoms with E-state index in [-0.39, 0.29) is 0 Å². The molecule has 2 atom stereocenters. The molecular weight excluding hydrogens is 258 g/mol. The van der Waals surface area contributed by atoms with Crippen LogP contribution in [0.5, 0.6) is 0 Å². The first-order chi connectivity index (χ1) is 9.40. The van der Waals surface area contributed by atoms with Crippen LogP contribution in [0, 0.1) is 0 Å². The molecule has 0 heterocycles. The van der Waals surface area contributed by atoms with Crippen molar-refractivity contribution in [2.45, 2.75) is 46.1 Å². The number of aromatic carboxylic acids is 1. The zero-order valence-corrected chi connectivity index (χ0v) is 12.4. The molecule has 0 radical (unpaired) electrons. The Balaban J connectivity index is 0.000000367. The molecule has 0 aliphatic rings. The van der Waals surface area contributed by atoms with Crippen molar-refractivity contribution in [2.24, 2.45) is 0 Å². The van der Waals surface area contributed by atoms with Gasteiger partial charge in [-0.2, -0.15) is 0 Å².